The first-order valence-corrected chi connectivity index (χ1v) is 5.82. The molecule has 0 saturated carbocycles. The van der Waals surface area contributed by atoms with Crippen LogP contribution in [0.2, 0.25) is 0 Å². The highest BCUT2D eigenvalue weighted by Crippen LogP contribution is 2.24. The van der Waals surface area contributed by atoms with Crippen molar-refractivity contribution >= 4 is 21.9 Å². The minimum absolute atomic E-state index is 0.216. The van der Waals surface area contributed by atoms with Gasteiger partial charge in [-0.05, 0) is 19.4 Å². The van der Waals surface area contributed by atoms with Crippen molar-refractivity contribution in [2.45, 2.75) is 30.9 Å². The minimum Gasteiger partial charge on any atom is -0.460 e. The van der Waals surface area contributed by atoms with E-state index in [9.17, 15) is 9.90 Å². The standard InChI is InChI=1S/C12H15BrO3/c1-9(14)12(2,13)11(15)16-8-10-6-4-3-5-7-10/h3-7,9,14H,8H2,1-2H3/t9-,12-/m0/s1. The van der Waals surface area contributed by atoms with Crippen LogP contribution in [0.1, 0.15) is 19.4 Å². The number of aliphatic hydroxyl groups is 1. The molecule has 1 N–H and O–H groups in total. The summed E-state index contributed by atoms with van der Waals surface area (Å²) < 4.78 is 4.05. The summed E-state index contributed by atoms with van der Waals surface area (Å²) in [5.74, 6) is -0.466. The fourth-order valence-corrected chi connectivity index (χ4v) is 1.15. The molecule has 0 radical (unpaired) electrons. The fraction of sp³-hybridized carbons (Fsp3) is 0.417. The lowest BCUT2D eigenvalue weighted by molar-refractivity contribution is -0.149. The van der Waals surface area contributed by atoms with Crippen molar-refractivity contribution in [3.05, 3.63) is 35.9 Å². The van der Waals surface area contributed by atoms with Crippen molar-refractivity contribution in [1.29, 1.82) is 0 Å². The Kier molecular flexibility index (Phi) is 4.50. The number of aliphatic hydroxyl groups excluding tert-OH is 1. The number of alkyl halides is 1. The molecule has 0 aliphatic heterocycles. The topological polar surface area (TPSA) is 46.5 Å². The van der Waals surface area contributed by atoms with Crippen LogP contribution in [-0.4, -0.2) is 21.5 Å². The molecule has 0 spiro atoms. The van der Waals surface area contributed by atoms with Crippen molar-refractivity contribution in [2.75, 3.05) is 0 Å². The van der Waals surface area contributed by atoms with Crippen LogP contribution in [0.4, 0.5) is 0 Å². The van der Waals surface area contributed by atoms with Gasteiger partial charge in [0.25, 0.3) is 0 Å². The first-order valence-electron chi connectivity index (χ1n) is 5.02. The van der Waals surface area contributed by atoms with E-state index in [1.54, 1.807) is 13.8 Å². The number of halogens is 1. The zero-order chi connectivity index (χ0) is 12.2. The number of ether oxygens (including phenoxy) is 1. The molecular weight excluding hydrogens is 272 g/mol. The molecule has 0 aromatic heterocycles. The highest BCUT2D eigenvalue weighted by molar-refractivity contribution is 9.10. The molecule has 0 bridgehead atoms. The van der Waals surface area contributed by atoms with Gasteiger partial charge >= 0.3 is 5.97 Å². The molecule has 1 aromatic rings. The van der Waals surface area contributed by atoms with Gasteiger partial charge in [-0.1, -0.05) is 46.3 Å². The van der Waals surface area contributed by atoms with Crippen molar-refractivity contribution < 1.29 is 14.6 Å². The summed E-state index contributed by atoms with van der Waals surface area (Å²) >= 11 is 3.16. The largest absolute Gasteiger partial charge is 0.460 e. The third-order valence-electron chi connectivity index (χ3n) is 2.40. The molecule has 4 heteroatoms. The summed E-state index contributed by atoms with van der Waals surface area (Å²) in [6.45, 7) is 3.34. The smallest absolute Gasteiger partial charge is 0.325 e. The number of carbonyl (C=O) groups is 1. The van der Waals surface area contributed by atoms with Gasteiger partial charge in [0, 0.05) is 0 Å². The SMILES string of the molecule is C[C@H](O)[C@](C)(Br)C(=O)OCc1ccccc1. The minimum atomic E-state index is -1.05. The van der Waals surface area contributed by atoms with E-state index in [0.717, 1.165) is 5.56 Å². The van der Waals surface area contributed by atoms with Crippen LogP contribution < -0.4 is 0 Å². The predicted molar refractivity (Wildman–Crippen MR) is 65.3 cm³/mol. The molecule has 0 aliphatic carbocycles. The lowest BCUT2D eigenvalue weighted by Gasteiger charge is -2.23. The number of hydrogen-bond donors (Lipinski definition) is 1. The van der Waals surface area contributed by atoms with Gasteiger partial charge in [0.1, 0.15) is 10.9 Å². The van der Waals surface area contributed by atoms with Crippen LogP contribution in [0.15, 0.2) is 30.3 Å². The lowest BCUT2D eigenvalue weighted by Crippen LogP contribution is -2.40. The fourth-order valence-electron chi connectivity index (χ4n) is 1.03. The van der Waals surface area contributed by atoms with Crippen molar-refractivity contribution in [3.8, 4) is 0 Å². The summed E-state index contributed by atoms with van der Waals surface area (Å²) in [6.07, 6.45) is -0.809. The highest BCUT2D eigenvalue weighted by Gasteiger charge is 2.36. The Morgan fingerprint density at radius 2 is 2.06 bits per heavy atom. The van der Waals surface area contributed by atoms with E-state index >= 15 is 0 Å². The van der Waals surface area contributed by atoms with E-state index in [2.05, 4.69) is 15.9 Å². The van der Waals surface area contributed by atoms with E-state index in [1.165, 1.54) is 0 Å². The maximum absolute atomic E-state index is 11.7. The average Bonchev–Trinajstić information content (AvgIpc) is 2.27. The van der Waals surface area contributed by atoms with E-state index < -0.39 is 16.4 Å². The van der Waals surface area contributed by atoms with E-state index in [4.69, 9.17) is 4.74 Å². The van der Waals surface area contributed by atoms with Gasteiger partial charge in [-0.3, -0.25) is 4.79 Å². The van der Waals surface area contributed by atoms with Crippen LogP contribution in [0.25, 0.3) is 0 Å². The first-order chi connectivity index (χ1) is 7.44. The van der Waals surface area contributed by atoms with Gasteiger partial charge in [0.05, 0.1) is 6.10 Å². The maximum Gasteiger partial charge on any atom is 0.325 e. The van der Waals surface area contributed by atoms with Gasteiger partial charge in [0.2, 0.25) is 0 Å². The molecular formula is C12H15BrO3. The molecule has 2 atom stereocenters. The third-order valence-corrected chi connectivity index (χ3v) is 3.38. The molecule has 0 aliphatic rings. The van der Waals surface area contributed by atoms with Crippen LogP contribution in [0.5, 0.6) is 0 Å². The Labute approximate surface area is 104 Å². The van der Waals surface area contributed by atoms with Crippen LogP contribution in [-0.2, 0) is 16.1 Å². The van der Waals surface area contributed by atoms with Gasteiger partial charge in [0.15, 0.2) is 0 Å². The van der Waals surface area contributed by atoms with E-state index in [0.29, 0.717) is 0 Å². The summed E-state index contributed by atoms with van der Waals surface area (Å²) in [5.41, 5.74) is 0.921. The molecule has 0 amide bonds. The second-order valence-corrected chi connectivity index (χ2v) is 5.46. The van der Waals surface area contributed by atoms with Crippen molar-refractivity contribution in [1.82, 2.24) is 0 Å². The summed E-state index contributed by atoms with van der Waals surface area (Å²) in [6, 6.07) is 9.41. The van der Waals surface area contributed by atoms with E-state index in [-0.39, 0.29) is 6.61 Å². The Morgan fingerprint density at radius 1 is 1.50 bits per heavy atom. The number of esters is 1. The Bertz CT molecular complexity index is 347. The zero-order valence-corrected chi connectivity index (χ0v) is 10.9. The Hall–Kier alpha value is -0.870. The van der Waals surface area contributed by atoms with E-state index in [1.807, 2.05) is 30.3 Å². The molecule has 3 nitrogen and oxygen atoms in total. The zero-order valence-electron chi connectivity index (χ0n) is 9.31. The average molecular weight is 287 g/mol. The van der Waals surface area contributed by atoms with Gasteiger partial charge in [-0.2, -0.15) is 0 Å². The number of hydrogen-bond acceptors (Lipinski definition) is 3. The lowest BCUT2D eigenvalue weighted by atomic mass is 10.1. The molecule has 0 saturated heterocycles. The summed E-state index contributed by atoms with van der Waals surface area (Å²) in [7, 11) is 0. The van der Waals surface area contributed by atoms with Crippen molar-refractivity contribution in [2.24, 2.45) is 0 Å². The molecule has 88 valence electrons. The number of carbonyl (C=O) groups excluding carboxylic acids is 1. The number of rotatable bonds is 4. The Morgan fingerprint density at radius 3 is 2.56 bits per heavy atom. The first kappa shape index (κ1) is 13.2. The van der Waals surface area contributed by atoms with Crippen LogP contribution >= 0.6 is 15.9 Å². The summed E-state index contributed by atoms with van der Waals surface area (Å²) in [4.78, 5) is 11.7. The molecule has 16 heavy (non-hydrogen) atoms. The molecule has 0 heterocycles. The molecule has 1 aromatic carbocycles. The normalized spacial score (nSPS) is 16.2. The third kappa shape index (κ3) is 3.32. The Balaban J connectivity index is 2.54. The van der Waals surface area contributed by atoms with Gasteiger partial charge < -0.3 is 9.84 Å². The number of benzene rings is 1. The quantitative estimate of drug-likeness (QED) is 0.682. The van der Waals surface area contributed by atoms with Crippen LogP contribution in [0.3, 0.4) is 0 Å². The molecule has 0 fully saturated rings. The second kappa shape index (κ2) is 5.46. The maximum atomic E-state index is 11.7. The van der Waals surface area contributed by atoms with Gasteiger partial charge in [-0.25, -0.2) is 0 Å². The highest BCUT2D eigenvalue weighted by atomic mass is 79.9. The second-order valence-electron chi connectivity index (χ2n) is 3.81. The van der Waals surface area contributed by atoms with Crippen molar-refractivity contribution in [3.63, 3.8) is 0 Å². The van der Waals surface area contributed by atoms with Crippen LogP contribution in [0, 0.1) is 0 Å². The van der Waals surface area contributed by atoms with Gasteiger partial charge in [-0.15, -0.1) is 0 Å². The molecule has 0 unspecified atom stereocenters. The predicted octanol–water partition coefficient (Wildman–Crippen LogP) is 2.26. The summed E-state index contributed by atoms with van der Waals surface area (Å²) in [5, 5.41) is 9.40. The molecule has 1 rings (SSSR count). The monoisotopic (exact) mass is 286 g/mol.